The number of nitrogens with zero attached hydrogens (tertiary/aromatic N) is 4. The van der Waals surface area contributed by atoms with E-state index in [1.165, 1.54) is 47.9 Å². The molecule has 2 aromatic carbocycles. The molecule has 0 N–H and O–H groups in total. The van der Waals surface area contributed by atoms with Gasteiger partial charge in [0.05, 0.1) is 42.3 Å². The minimum Gasteiger partial charge on any atom is -1.00 e. The summed E-state index contributed by atoms with van der Waals surface area (Å²) < 4.78 is 1.96. The van der Waals surface area contributed by atoms with Crippen molar-refractivity contribution in [2.75, 3.05) is 56.4 Å². The maximum Gasteiger partial charge on any atom is 0.104 e. The highest BCUT2D eigenvalue weighted by Crippen LogP contribution is 2.67. The Kier molecular flexibility index (Phi) is 9.53. The molecule has 4 heterocycles. The van der Waals surface area contributed by atoms with Crippen LogP contribution in [0.5, 0.6) is 0 Å². The summed E-state index contributed by atoms with van der Waals surface area (Å²) in [7, 11) is 18.2. The molecule has 6 heteroatoms. The van der Waals surface area contributed by atoms with Crippen molar-refractivity contribution in [1.29, 1.82) is 0 Å². The van der Waals surface area contributed by atoms with E-state index in [-0.39, 0.29) is 47.0 Å². The number of fused-ring (bicyclic) bond motifs is 10. The first-order chi connectivity index (χ1) is 19.0. The average Bonchev–Trinajstić information content (AvgIpc) is 3.36. The molecule has 4 aliphatic rings. The van der Waals surface area contributed by atoms with Gasteiger partial charge in [0.15, 0.2) is 0 Å². The van der Waals surface area contributed by atoms with Crippen molar-refractivity contribution in [1.82, 2.24) is 9.80 Å². The first-order valence-corrected chi connectivity index (χ1v) is 16.4. The zero-order valence-corrected chi connectivity index (χ0v) is 32.5. The van der Waals surface area contributed by atoms with Gasteiger partial charge in [0, 0.05) is 33.3 Å². The van der Waals surface area contributed by atoms with Crippen LogP contribution in [0.2, 0.25) is 0 Å². The van der Waals surface area contributed by atoms with Crippen LogP contribution in [0.3, 0.4) is 0 Å². The van der Waals surface area contributed by atoms with Crippen molar-refractivity contribution in [3.8, 4) is 0 Å². The van der Waals surface area contributed by atoms with E-state index in [9.17, 15) is 0 Å². The summed E-state index contributed by atoms with van der Waals surface area (Å²) in [5, 5.41) is 0. The lowest BCUT2D eigenvalue weighted by Crippen LogP contribution is -3.00. The molecule has 44 heavy (non-hydrogen) atoms. The molecule has 4 nitrogen and oxygen atoms in total. The molecule has 6 rings (SSSR count). The third-order valence-electron chi connectivity index (χ3n) is 12.4. The van der Waals surface area contributed by atoms with Gasteiger partial charge in [0.1, 0.15) is 13.1 Å². The molecule has 0 aliphatic carbocycles. The monoisotopic (exact) mass is 644 g/mol. The molecular weight excluding hydrogens is 583 g/mol. The van der Waals surface area contributed by atoms with E-state index < -0.39 is 0 Å². The predicted molar refractivity (Wildman–Crippen MR) is 179 cm³/mol. The number of quaternary nitrogens is 2. The summed E-state index contributed by atoms with van der Waals surface area (Å²) in [5.74, 6) is 0. The molecule has 4 bridgehead atoms. The van der Waals surface area contributed by atoms with Crippen molar-refractivity contribution in [2.24, 2.45) is 0 Å². The van der Waals surface area contributed by atoms with Gasteiger partial charge in [-0.1, -0.05) is 0 Å². The van der Waals surface area contributed by atoms with E-state index in [0.29, 0.717) is 0 Å². The van der Waals surface area contributed by atoms with Crippen molar-refractivity contribution >= 4 is 0 Å². The lowest BCUT2D eigenvalue weighted by Gasteiger charge is -2.36. The van der Waals surface area contributed by atoms with Crippen molar-refractivity contribution in [2.45, 2.75) is 116 Å². The predicted octanol–water partition coefficient (Wildman–Crippen LogP) is 1.37. The lowest BCUT2D eigenvalue weighted by molar-refractivity contribution is -0.884. The van der Waals surface area contributed by atoms with Gasteiger partial charge in [0.2, 0.25) is 0 Å². The molecule has 0 spiro atoms. The van der Waals surface area contributed by atoms with Crippen molar-refractivity contribution < 1.29 is 33.8 Å². The highest BCUT2D eigenvalue weighted by Gasteiger charge is 2.64. The molecule has 4 aliphatic heterocycles. The number of aryl methyl sites for hydroxylation is 2. The molecule has 2 fully saturated rings. The van der Waals surface area contributed by atoms with E-state index >= 15 is 0 Å². The Morgan fingerprint density at radius 1 is 0.523 bits per heavy atom. The van der Waals surface area contributed by atoms with Crippen LogP contribution in [0.25, 0.3) is 0 Å². The Bertz CT molecular complexity index is 1280. The maximum atomic E-state index is 2.69. The lowest BCUT2D eigenvalue weighted by atomic mass is 9.66. The van der Waals surface area contributed by atoms with E-state index in [2.05, 4.69) is 134 Å². The molecule has 248 valence electrons. The van der Waals surface area contributed by atoms with Crippen LogP contribution < -0.4 is 24.8 Å². The summed E-state index contributed by atoms with van der Waals surface area (Å²) >= 11 is 0. The second kappa shape index (κ2) is 11.2. The number of rotatable bonds is 4. The minimum absolute atomic E-state index is 0. The highest BCUT2D eigenvalue weighted by molar-refractivity contribution is 5.66. The van der Waals surface area contributed by atoms with Gasteiger partial charge in [-0.05, 0) is 152 Å². The second-order valence-corrected chi connectivity index (χ2v) is 17.6. The largest absolute Gasteiger partial charge is 1.00 e. The van der Waals surface area contributed by atoms with Crippen LogP contribution in [0.4, 0.5) is 0 Å². The van der Waals surface area contributed by atoms with Crippen LogP contribution in [0.1, 0.15) is 109 Å². The smallest absolute Gasteiger partial charge is 0.104 e. The Labute approximate surface area is 283 Å². The molecule has 2 aromatic rings. The third kappa shape index (κ3) is 5.28. The number of hydrogen-bond acceptors (Lipinski definition) is 2. The Morgan fingerprint density at radius 3 is 0.955 bits per heavy atom. The maximum absolute atomic E-state index is 2.69. The van der Waals surface area contributed by atoms with Crippen LogP contribution in [0, 0.1) is 27.7 Å². The fourth-order valence-electron chi connectivity index (χ4n) is 9.90. The molecule has 0 saturated carbocycles. The molecule has 0 unspecified atom stereocenters. The summed E-state index contributed by atoms with van der Waals surface area (Å²) in [6.45, 7) is 21.5. The Balaban J connectivity index is 0.000000241. The zero-order valence-electron chi connectivity index (χ0n) is 30.9. The number of halogens is 2. The molecule has 0 aromatic heterocycles. The summed E-state index contributed by atoms with van der Waals surface area (Å²) in [6, 6.07) is 4.76. The molecule has 4 atom stereocenters. The Morgan fingerprint density at radius 2 is 0.750 bits per heavy atom. The van der Waals surface area contributed by atoms with E-state index in [0.717, 1.165) is 22.1 Å². The molecule has 0 amide bonds. The molecular formula is C38H62Cl2N4. The van der Waals surface area contributed by atoms with Gasteiger partial charge in [0.25, 0.3) is 0 Å². The molecule has 2 saturated heterocycles. The minimum atomic E-state index is 0. The van der Waals surface area contributed by atoms with Gasteiger partial charge in [-0.3, -0.25) is 9.80 Å². The second-order valence-electron chi connectivity index (χ2n) is 17.6. The summed E-state index contributed by atoms with van der Waals surface area (Å²) in [4.78, 5) is 5.38. The van der Waals surface area contributed by atoms with Crippen LogP contribution in [0.15, 0.2) is 12.1 Å². The van der Waals surface area contributed by atoms with Crippen LogP contribution >= 0.6 is 0 Å². The van der Waals surface area contributed by atoms with Gasteiger partial charge < -0.3 is 33.8 Å². The standard InChI is InChI=1S/C22H32N2.C16H30N2.2ClH/c1-13-15-17(21(5)11-9-19(15,3)23(21)7)14(2)18-16(13)20(4)10-12-22(18,6)24(20)8;1-13-9-16(12-18(6,7)8)14(2)10-15(13)11-17(3,4)5;;/h9-12H2,1-8H3;9-10H,11-12H2,1-8H3;2*1H/q;+2;;/p-2/t19-,20+,21+,22-;;;. The van der Waals surface area contributed by atoms with Gasteiger partial charge >= 0.3 is 0 Å². The Hall–Kier alpha value is -1.14. The van der Waals surface area contributed by atoms with Crippen LogP contribution in [-0.2, 0) is 35.2 Å². The third-order valence-corrected chi connectivity index (χ3v) is 12.4. The first kappa shape index (κ1) is 37.3. The van der Waals surface area contributed by atoms with E-state index in [1.54, 1.807) is 33.4 Å². The van der Waals surface area contributed by atoms with Gasteiger partial charge in [-0.2, -0.15) is 0 Å². The van der Waals surface area contributed by atoms with Gasteiger partial charge in [-0.25, -0.2) is 0 Å². The van der Waals surface area contributed by atoms with E-state index in [4.69, 9.17) is 0 Å². The quantitative estimate of drug-likeness (QED) is 0.464. The van der Waals surface area contributed by atoms with Crippen molar-refractivity contribution in [3.05, 3.63) is 67.8 Å². The zero-order chi connectivity index (χ0) is 31.6. The van der Waals surface area contributed by atoms with Crippen molar-refractivity contribution in [3.63, 3.8) is 0 Å². The molecule has 0 radical (unpaired) electrons. The summed E-state index contributed by atoms with van der Waals surface area (Å²) in [5.41, 5.74) is 16.7. The van der Waals surface area contributed by atoms with Gasteiger partial charge in [-0.15, -0.1) is 0 Å². The SMILES string of the molecule is Cc1c2c(c(C)c3c1[C@@]1(C)CC[C@]3(C)N1C)[C@@]1(C)CC[C@]2(C)N1C.Cc1cc(C[N+](C)(C)C)c(C)cc1C[N+](C)(C)C.[Cl-].[Cl-]. The number of benzene rings is 2. The fraction of sp³-hybridized carbons (Fsp3) is 0.684. The first-order valence-electron chi connectivity index (χ1n) is 16.4. The average molecular weight is 646 g/mol. The fourth-order valence-corrected chi connectivity index (χ4v) is 9.90. The number of hydrogen-bond donors (Lipinski definition) is 0. The van der Waals surface area contributed by atoms with E-state index in [1.807, 2.05) is 0 Å². The normalized spacial score (nSPS) is 30.4. The topological polar surface area (TPSA) is 6.48 Å². The highest BCUT2D eigenvalue weighted by atomic mass is 35.5. The summed E-state index contributed by atoms with van der Waals surface area (Å²) in [6.07, 6.45) is 5.21. The van der Waals surface area contributed by atoms with Crippen LogP contribution in [-0.4, -0.2) is 75.1 Å².